The number of rotatable bonds is 1. The molecule has 1 aliphatic heterocycles. The summed E-state index contributed by atoms with van der Waals surface area (Å²) in [5, 5.41) is 0. The monoisotopic (exact) mass is 380 g/mol. The lowest BCUT2D eigenvalue weighted by Gasteiger charge is -2.23. The first-order valence-electron chi connectivity index (χ1n) is 4.75. The van der Waals surface area contributed by atoms with Crippen molar-refractivity contribution in [3.05, 3.63) is 31.8 Å². The lowest BCUT2D eigenvalue weighted by molar-refractivity contribution is -0.128. The SMILES string of the molecule is O=C1CCOC(c2ccc(Br)cc2I)C1. The highest BCUT2D eigenvalue weighted by atomic mass is 127. The minimum absolute atomic E-state index is 0.0498. The molecule has 15 heavy (non-hydrogen) atoms. The van der Waals surface area contributed by atoms with Crippen LogP contribution in [0.15, 0.2) is 22.7 Å². The van der Waals surface area contributed by atoms with E-state index in [1.165, 1.54) is 0 Å². The number of carbonyl (C=O) groups is 1. The molecule has 0 aromatic heterocycles. The van der Waals surface area contributed by atoms with E-state index in [1.807, 2.05) is 18.2 Å². The van der Waals surface area contributed by atoms with Crippen LogP contribution in [-0.4, -0.2) is 12.4 Å². The first-order chi connectivity index (χ1) is 7.16. The summed E-state index contributed by atoms with van der Waals surface area (Å²) >= 11 is 5.69. The fourth-order valence-electron chi connectivity index (χ4n) is 1.65. The highest BCUT2D eigenvalue weighted by Crippen LogP contribution is 2.30. The Labute approximate surface area is 111 Å². The van der Waals surface area contributed by atoms with Gasteiger partial charge in [0.15, 0.2) is 0 Å². The van der Waals surface area contributed by atoms with Crippen molar-refractivity contribution < 1.29 is 9.53 Å². The fraction of sp³-hybridized carbons (Fsp3) is 0.364. The third-order valence-electron chi connectivity index (χ3n) is 2.42. The predicted molar refractivity (Wildman–Crippen MR) is 69.8 cm³/mol. The van der Waals surface area contributed by atoms with Gasteiger partial charge in [-0.25, -0.2) is 0 Å². The Bertz CT molecular complexity index is 392. The number of halogens is 2. The minimum Gasteiger partial charge on any atom is -0.373 e. The molecule has 1 atom stereocenters. The average molecular weight is 381 g/mol. The number of ketones is 1. The van der Waals surface area contributed by atoms with E-state index in [0.29, 0.717) is 25.2 Å². The van der Waals surface area contributed by atoms with E-state index in [9.17, 15) is 4.79 Å². The van der Waals surface area contributed by atoms with Gasteiger partial charge >= 0.3 is 0 Å². The van der Waals surface area contributed by atoms with Crippen LogP contribution in [0.3, 0.4) is 0 Å². The zero-order chi connectivity index (χ0) is 10.8. The van der Waals surface area contributed by atoms with E-state index in [0.717, 1.165) is 13.6 Å². The largest absolute Gasteiger partial charge is 0.373 e. The van der Waals surface area contributed by atoms with Gasteiger partial charge < -0.3 is 4.74 Å². The second-order valence-electron chi connectivity index (χ2n) is 3.52. The molecule has 0 bridgehead atoms. The topological polar surface area (TPSA) is 26.3 Å². The van der Waals surface area contributed by atoms with Gasteiger partial charge in [-0.05, 0) is 40.3 Å². The first kappa shape index (κ1) is 11.5. The number of benzene rings is 1. The van der Waals surface area contributed by atoms with Crippen molar-refractivity contribution in [2.75, 3.05) is 6.61 Å². The molecule has 0 amide bonds. The molecule has 1 aliphatic rings. The Morgan fingerprint density at radius 3 is 2.93 bits per heavy atom. The molecule has 80 valence electrons. The van der Waals surface area contributed by atoms with Gasteiger partial charge in [-0.3, -0.25) is 4.79 Å². The van der Waals surface area contributed by atoms with Crippen LogP contribution in [0, 0.1) is 3.57 Å². The molecule has 2 nitrogen and oxygen atoms in total. The molecule has 0 aliphatic carbocycles. The Kier molecular flexibility index (Phi) is 3.79. The normalized spacial score (nSPS) is 21.7. The summed E-state index contributed by atoms with van der Waals surface area (Å²) in [6.45, 7) is 0.551. The summed E-state index contributed by atoms with van der Waals surface area (Å²) in [5.74, 6) is 0.296. The summed E-state index contributed by atoms with van der Waals surface area (Å²) < 4.78 is 7.81. The van der Waals surface area contributed by atoms with E-state index in [1.54, 1.807) is 0 Å². The van der Waals surface area contributed by atoms with Crippen LogP contribution in [-0.2, 0) is 9.53 Å². The molecular weight excluding hydrogens is 371 g/mol. The third kappa shape index (κ3) is 2.79. The Hall–Kier alpha value is 0.0600. The van der Waals surface area contributed by atoms with Crippen LogP contribution >= 0.6 is 38.5 Å². The van der Waals surface area contributed by atoms with Crippen molar-refractivity contribution in [1.29, 1.82) is 0 Å². The second-order valence-corrected chi connectivity index (χ2v) is 5.60. The molecule has 2 rings (SSSR count). The lowest BCUT2D eigenvalue weighted by atomic mass is 10.0. The summed E-state index contributed by atoms with van der Waals surface area (Å²) in [5.41, 5.74) is 1.12. The van der Waals surface area contributed by atoms with Gasteiger partial charge in [-0.1, -0.05) is 22.0 Å². The molecule has 0 saturated carbocycles. The molecule has 0 N–H and O–H groups in total. The number of carbonyl (C=O) groups excluding carboxylic acids is 1. The standard InChI is InChI=1S/C11H10BrIO2/c12-7-1-2-9(10(13)5-7)11-6-8(14)3-4-15-11/h1-2,5,11H,3-4,6H2. The molecule has 1 unspecified atom stereocenters. The zero-order valence-electron chi connectivity index (χ0n) is 8.00. The van der Waals surface area contributed by atoms with Gasteiger partial charge in [0, 0.05) is 20.9 Å². The zero-order valence-corrected chi connectivity index (χ0v) is 11.7. The third-order valence-corrected chi connectivity index (χ3v) is 3.85. The van der Waals surface area contributed by atoms with Gasteiger partial charge in [0.05, 0.1) is 12.7 Å². The first-order valence-corrected chi connectivity index (χ1v) is 6.62. The summed E-state index contributed by atoms with van der Waals surface area (Å²) in [4.78, 5) is 11.3. The maximum Gasteiger partial charge on any atom is 0.138 e. The van der Waals surface area contributed by atoms with Gasteiger partial charge in [0.1, 0.15) is 5.78 Å². The maximum atomic E-state index is 11.3. The Balaban J connectivity index is 2.24. The number of ether oxygens (including phenoxy) is 1. The van der Waals surface area contributed by atoms with Crippen LogP contribution in [0.1, 0.15) is 24.5 Å². The van der Waals surface area contributed by atoms with Crippen molar-refractivity contribution in [2.24, 2.45) is 0 Å². The summed E-state index contributed by atoms with van der Waals surface area (Å²) in [6, 6.07) is 6.05. The molecule has 0 spiro atoms. The van der Waals surface area contributed by atoms with E-state index >= 15 is 0 Å². The van der Waals surface area contributed by atoms with Gasteiger partial charge in [-0.2, -0.15) is 0 Å². The highest BCUT2D eigenvalue weighted by Gasteiger charge is 2.23. The van der Waals surface area contributed by atoms with Crippen LogP contribution < -0.4 is 0 Å². The minimum atomic E-state index is -0.0498. The average Bonchev–Trinajstić information content (AvgIpc) is 2.17. The van der Waals surface area contributed by atoms with Crippen molar-refractivity contribution >= 4 is 44.3 Å². The molecule has 1 aromatic carbocycles. The van der Waals surface area contributed by atoms with Crippen LogP contribution in [0.5, 0.6) is 0 Å². The van der Waals surface area contributed by atoms with Crippen LogP contribution in [0.2, 0.25) is 0 Å². The van der Waals surface area contributed by atoms with E-state index < -0.39 is 0 Å². The van der Waals surface area contributed by atoms with Crippen LogP contribution in [0.25, 0.3) is 0 Å². The molecule has 1 fully saturated rings. The molecule has 1 saturated heterocycles. The predicted octanol–water partition coefficient (Wildman–Crippen LogP) is 3.47. The maximum absolute atomic E-state index is 11.3. The summed E-state index contributed by atoms with van der Waals surface area (Å²) in [7, 11) is 0. The van der Waals surface area contributed by atoms with E-state index in [-0.39, 0.29) is 6.10 Å². The van der Waals surface area contributed by atoms with E-state index in [2.05, 4.69) is 38.5 Å². The second kappa shape index (κ2) is 4.93. The van der Waals surface area contributed by atoms with Gasteiger partial charge in [0.2, 0.25) is 0 Å². The van der Waals surface area contributed by atoms with E-state index in [4.69, 9.17) is 4.74 Å². The Morgan fingerprint density at radius 2 is 2.27 bits per heavy atom. The molecule has 1 aromatic rings. The summed E-state index contributed by atoms with van der Waals surface area (Å²) in [6.07, 6.45) is 1.02. The lowest BCUT2D eigenvalue weighted by Crippen LogP contribution is -2.20. The van der Waals surface area contributed by atoms with Crippen molar-refractivity contribution in [1.82, 2.24) is 0 Å². The van der Waals surface area contributed by atoms with Gasteiger partial charge in [0.25, 0.3) is 0 Å². The van der Waals surface area contributed by atoms with Gasteiger partial charge in [-0.15, -0.1) is 0 Å². The highest BCUT2D eigenvalue weighted by molar-refractivity contribution is 14.1. The molecule has 4 heteroatoms. The quantitative estimate of drug-likeness (QED) is 0.697. The van der Waals surface area contributed by atoms with Crippen molar-refractivity contribution in [3.63, 3.8) is 0 Å². The number of hydrogen-bond donors (Lipinski definition) is 0. The van der Waals surface area contributed by atoms with Crippen molar-refractivity contribution in [3.8, 4) is 0 Å². The molecular formula is C11H10BrIO2. The fourth-order valence-corrected chi connectivity index (χ4v) is 3.30. The number of hydrogen-bond acceptors (Lipinski definition) is 2. The Morgan fingerprint density at radius 1 is 1.47 bits per heavy atom. The van der Waals surface area contributed by atoms with Crippen molar-refractivity contribution in [2.45, 2.75) is 18.9 Å². The molecule has 0 radical (unpaired) electrons. The molecule has 1 heterocycles. The van der Waals surface area contributed by atoms with Crippen LogP contribution in [0.4, 0.5) is 0 Å². The number of Topliss-reactive ketones (excluding diaryl/α,β-unsaturated/α-hetero) is 1. The smallest absolute Gasteiger partial charge is 0.138 e.